The highest BCUT2D eigenvalue weighted by Crippen LogP contribution is 2.30. The van der Waals surface area contributed by atoms with Gasteiger partial charge in [0.2, 0.25) is 0 Å². The number of nitrogens with zero attached hydrogens (tertiary/aromatic N) is 6. The average molecular weight is 449 g/mol. The number of piperidine rings is 1. The summed E-state index contributed by atoms with van der Waals surface area (Å²) in [7, 11) is 0. The molecule has 13 nitrogen and oxygen atoms in total. The standard InChI is InChI=1S/C19H27N7O6/c1-10-20-18-21-15-12(16(30)26(18)22-10)24(8-7-23-5-3-2-4-6-23)19(31)25(15)17-14(29)13(28)11(9-27)32-17/h11,13-14,17,27-29H,2-9H2,1H3,(H,20,21,22)/t11?,13-,14-,17?/m1/s1. The maximum atomic E-state index is 13.5. The second-order valence-corrected chi connectivity index (χ2v) is 8.47. The molecule has 3 aromatic rings. The van der Waals surface area contributed by atoms with Gasteiger partial charge in [-0.05, 0) is 32.9 Å². The first-order valence-electron chi connectivity index (χ1n) is 10.9. The molecular formula is C19H27N7O6. The summed E-state index contributed by atoms with van der Waals surface area (Å²) in [6.07, 6.45) is -1.86. The molecule has 5 rings (SSSR count). The van der Waals surface area contributed by atoms with E-state index in [2.05, 4.69) is 20.0 Å². The number of aryl methyl sites for hydroxylation is 1. The minimum absolute atomic E-state index is 0.0139. The van der Waals surface area contributed by atoms with Crippen LogP contribution in [0.5, 0.6) is 0 Å². The molecule has 5 heterocycles. The summed E-state index contributed by atoms with van der Waals surface area (Å²) in [5.74, 6) is 0.553. The quantitative estimate of drug-likeness (QED) is 0.343. The predicted molar refractivity (Wildman–Crippen MR) is 111 cm³/mol. The van der Waals surface area contributed by atoms with E-state index in [0.717, 1.165) is 30.5 Å². The van der Waals surface area contributed by atoms with Crippen molar-refractivity contribution in [1.82, 2.24) is 33.6 Å². The lowest BCUT2D eigenvalue weighted by molar-refractivity contribution is -0.0528. The highest BCUT2D eigenvalue weighted by Gasteiger charge is 2.45. The van der Waals surface area contributed by atoms with Crippen molar-refractivity contribution in [2.24, 2.45) is 0 Å². The van der Waals surface area contributed by atoms with Crippen LogP contribution in [0.25, 0.3) is 16.9 Å². The van der Waals surface area contributed by atoms with E-state index in [1.54, 1.807) is 6.92 Å². The van der Waals surface area contributed by atoms with Gasteiger partial charge < -0.3 is 25.0 Å². The first-order chi connectivity index (χ1) is 15.4. The Morgan fingerprint density at radius 3 is 2.53 bits per heavy atom. The van der Waals surface area contributed by atoms with Crippen LogP contribution >= 0.6 is 0 Å². The number of aromatic nitrogens is 6. The molecule has 0 bridgehead atoms. The summed E-state index contributed by atoms with van der Waals surface area (Å²) >= 11 is 0. The average Bonchev–Trinajstić information content (AvgIpc) is 3.39. The van der Waals surface area contributed by atoms with Gasteiger partial charge in [0, 0.05) is 13.1 Å². The zero-order chi connectivity index (χ0) is 22.6. The zero-order valence-electron chi connectivity index (χ0n) is 17.7. The summed E-state index contributed by atoms with van der Waals surface area (Å²) in [5, 5.41) is 33.0. The fourth-order valence-corrected chi connectivity index (χ4v) is 4.68. The third kappa shape index (κ3) is 3.28. The Hall–Kier alpha value is -2.58. The Morgan fingerprint density at radius 2 is 1.84 bits per heavy atom. The topological polar surface area (TPSA) is 163 Å². The second kappa shape index (κ2) is 8.08. The lowest BCUT2D eigenvalue weighted by atomic mass is 10.1. The Balaban J connectivity index is 1.66. The van der Waals surface area contributed by atoms with E-state index in [4.69, 9.17) is 4.74 Å². The van der Waals surface area contributed by atoms with Crippen LogP contribution in [0, 0.1) is 6.92 Å². The Labute approximate surface area is 181 Å². The molecule has 13 heteroatoms. The monoisotopic (exact) mass is 449 g/mol. The third-order valence-electron chi connectivity index (χ3n) is 6.36. The molecule has 4 N–H and O–H groups in total. The van der Waals surface area contributed by atoms with E-state index < -0.39 is 42.4 Å². The van der Waals surface area contributed by atoms with Crippen LogP contribution in [0.4, 0.5) is 0 Å². The number of hydrogen-bond acceptors (Lipinski definition) is 9. The largest absolute Gasteiger partial charge is 0.394 e. The Morgan fingerprint density at radius 1 is 1.09 bits per heavy atom. The van der Waals surface area contributed by atoms with Crippen LogP contribution in [-0.4, -0.2) is 93.5 Å². The van der Waals surface area contributed by atoms with Gasteiger partial charge in [-0.3, -0.25) is 14.5 Å². The minimum Gasteiger partial charge on any atom is -0.394 e. The molecule has 2 aliphatic heterocycles. The number of aromatic amines is 1. The number of H-pyrrole nitrogens is 1. The predicted octanol–water partition coefficient (Wildman–Crippen LogP) is -2.06. The molecule has 0 saturated carbocycles. The molecule has 2 aliphatic rings. The number of fused-ring (bicyclic) bond motifs is 2. The van der Waals surface area contributed by atoms with Crippen LogP contribution in [-0.2, 0) is 11.3 Å². The fourth-order valence-electron chi connectivity index (χ4n) is 4.68. The molecule has 2 saturated heterocycles. The molecule has 2 fully saturated rings. The van der Waals surface area contributed by atoms with Crippen molar-refractivity contribution >= 4 is 16.9 Å². The number of rotatable bonds is 5. The minimum atomic E-state index is -1.48. The highest BCUT2D eigenvalue weighted by molar-refractivity contribution is 5.72. The van der Waals surface area contributed by atoms with Crippen LogP contribution in [0.2, 0.25) is 0 Å². The summed E-state index contributed by atoms with van der Waals surface area (Å²) in [4.78, 5) is 37.6. The molecule has 0 aliphatic carbocycles. The van der Waals surface area contributed by atoms with E-state index in [-0.39, 0.29) is 23.5 Å². The first-order valence-corrected chi connectivity index (χ1v) is 10.9. The zero-order valence-corrected chi connectivity index (χ0v) is 17.7. The molecule has 0 spiro atoms. The van der Waals surface area contributed by atoms with Crippen molar-refractivity contribution in [2.75, 3.05) is 26.2 Å². The number of aliphatic hydroxyl groups excluding tert-OH is 3. The van der Waals surface area contributed by atoms with Crippen molar-refractivity contribution in [3.8, 4) is 0 Å². The maximum Gasteiger partial charge on any atom is 0.332 e. The van der Waals surface area contributed by atoms with Gasteiger partial charge in [0.15, 0.2) is 17.4 Å². The number of imidazole rings is 1. The third-order valence-corrected chi connectivity index (χ3v) is 6.36. The van der Waals surface area contributed by atoms with E-state index in [1.165, 1.54) is 15.5 Å². The number of ether oxygens (including phenoxy) is 1. The van der Waals surface area contributed by atoms with Crippen molar-refractivity contribution in [3.63, 3.8) is 0 Å². The number of aliphatic hydroxyl groups is 3. The van der Waals surface area contributed by atoms with Crippen LogP contribution in [0.15, 0.2) is 9.59 Å². The lowest BCUT2D eigenvalue weighted by Crippen LogP contribution is -2.38. The van der Waals surface area contributed by atoms with E-state index in [9.17, 15) is 24.9 Å². The number of likely N-dealkylation sites (tertiary alicyclic amines) is 1. The van der Waals surface area contributed by atoms with Gasteiger partial charge in [-0.15, -0.1) is 0 Å². The Kier molecular flexibility index (Phi) is 5.37. The molecule has 0 radical (unpaired) electrons. The highest BCUT2D eigenvalue weighted by atomic mass is 16.6. The summed E-state index contributed by atoms with van der Waals surface area (Å²) in [5.41, 5.74) is -1.00. The normalized spacial score (nSPS) is 27.1. The van der Waals surface area contributed by atoms with Gasteiger partial charge >= 0.3 is 5.69 Å². The summed E-state index contributed by atoms with van der Waals surface area (Å²) < 4.78 is 9.19. The number of nitrogens with one attached hydrogen (secondary N) is 1. The van der Waals surface area contributed by atoms with Crippen LogP contribution in [0.1, 0.15) is 31.3 Å². The van der Waals surface area contributed by atoms with Gasteiger partial charge in [-0.2, -0.15) is 14.5 Å². The van der Waals surface area contributed by atoms with E-state index in [0.29, 0.717) is 12.4 Å². The molecular weight excluding hydrogens is 422 g/mol. The van der Waals surface area contributed by atoms with E-state index in [1.807, 2.05) is 0 Å². The van der Waals surface area contributed by atoms with Crippen molar-refractivity contribution in [1.29, 1.82) is 0 Å². The first kappa shape index (κ1) is 21.3. The summed E-state index contributed by atoms with van der Waals surface area (Å²) in [6, 6.07) is 0. The lowest BCUT2D eigenvalue weighted by Gasteiger charge is -2.26. The van der Waals surface area contributed by atoms with E-state index >= 15 is 0 Å². The molecule has 0 amide bonds. The van der Waals surface area contributed by atoms with Gasteiger partial charge in [-0.25, -0.2) is 9.36 Å². The van der Waals surface area contributed by atoms with Gasteiger partial charge in [0.05, 0.1) is 6.61 Å². The molecule has 32 heavy (non-hydrogen) atoms. The number of hydrogen-bond donors (Lipinski definition) is 4. The molecule has 174 valence electrons. The molecule has 4 atom stereocenters. The Bertz CT molecular complexity index is 1250. The van der Waals surface area contributed by atoms with Crippen molar-refractivity contribution in [2.45, 2.75) is 57.3 Å². The second-order valence-electron chi connectivity index (χ2n) is 8.47. The van der Waals surface area contributed by atoms with Crippen LogP contribution < -0.4 is 11.2 Å². The van der Waals surface area contributed by atoms with Gasteiger partial charge in [0.1, 0.15) is 24.1 Å². The fraction of sp³-hybridized carbons (Fsp3) is 0.684. The smallest absolute Gasteiger partial charge is 0.332 e. The van der Waals surface area contributed by atoms with Crippen LogP contribution in [0.3, 0.4) is 0 Å². The van der Waals surface area contributed by atoms with Crippen molar-refractivity contribution < 1.29 is 20.1 Å². The SMILES string of the molecule is Cc1nc2nc3c(c(=O)n2[nH]1)n(CCN1CCCCC1)c(=O)n3C1OC(CO)[C@@H](O)[C@H]1O. The maximum absolute atomic E-state index is 13.5. The molecule has 0 aromatic carbocycles. The summed E-state index contributed by atoms with van der Waals surface area (Å²) in [6.45, 7) is 3.86. The molecule has 2 unspecified atom stereocenters. The van der Waals surface area contributed by atoms with Gasteiger partial charge in [-0.1, -0.05) is 6.42 Å². The van der Waals surface area contributed by atoms with Crippen molar-refractivity contribution in [3.05, 3.63) is 26.7 Å². The molecule has 3 aromatic heterocycles. The van der Waals surface area contributed by atoms with Gasteiger partial charge in [0.25, 0.3) is 11.3 Å².